The van der Waals surface area contributed by atoms with E-state index in [9.17, 15) is 9.36 Å². The summed E-state index contributed by atoms with van der Waals surface area (Å²) in [6.07, 6.45) is 0.479. The smallest absolute Gasteiger partial charge is 0.462 e. The fourth-order valence-electron chi connectivity index (χ4n) is 1.09. The number of ether oxygens (including phenoxy) is 2. The molecule has 0 saturated heterocycles. The van der Waals surface area contributed by atoms with Crippen molar-refractivity contribution in [2.75, 3.05) is 13.7 Å². The SMILES string of the molecule is CCC(CO[P+](=O)NC(C)C(=O)OC(C)C)OC. The molecule has 0 rings (SSSR count). The molecule has 0 aliphatic heterocycles. The van der Waals surface area contributed by atoms with Gasteiger partial charge in [0.15, 0.2) is 0 Å². The van der Waals surface area contributed by atoms with E-state index in [0.717, 1.165) is 6.42 Å². The second kappa shape index (κ2) is 9.39. The normalized spacial score (nSPS) is 15.3. The Labute approximate surface area is 109 Å². The van der Waals surface area contributed by atoms with Gasteiger partial charge in [-0.2, -0.15) is 0 Å². The van der Waals surface area contributed by atoms with Crippen LogP contribution < -0.4 is 5.09 Å². The molecule has 0 radical (unpaired) electrons. The molecule has 3 atom stereocenters. The highest BCUT2D eigenvalue weighted by Crippen LogP contribution is 2.19. The number of hydrogen-bond acceptors (Lipinski definition) is 5. The Balaban J connectivity index is 3.97. The van der Waals surface area contributed by atoms with E-state index in [1.165, 1.54) is 0 Å². The van der Waals surface area contributed by atoms with Gasteiger partial charge in [0.25, 0.3) is 0 Å². The Bertz CT molecular complexity index is 268. The van der Waals surface area contributed by atoms with Crippen LogP contribution in [0, 0.1) is 0 Å². The molecule has 0 aromatic rings. The molecular weight excluding hydrogens is 257 g/mol. The fourth-order valence-corrected chi connectivity index (χ4v) is 1.88. The van der Waals surface area contributed by atoms with E-state index in [0.29, 0.717) is 0 Å². The molecule has 0 amide bonds. The van der Waals surface area contributed by atoms with Gasteiger partial charge in [0, 0.05) is 7.11 Å². The number of rotatable bonds is 9. The minimum atomic E-state index is -2.10. The average Bonchev–Trinajstić information content (AvgIpc) is 2.29. The van der Waals surface area contributed by atoms with Crippen LogP contribution in [0.25, 0.3) is 0 Å². The summed E-state index contributed by atoms with van der Waals surface area (Å²) in [4.78, 5) is 11.4. The number of hydrogen-bond donors (Lipinski definition) is 1. The third kappa shape index (κ3) is 7.71. The Morgan fingerprint density at radius 1 is 1.33 bits per heavy atom. The van der Waals surface area contributed by atoms with Gasteiger partial charge in [-0.05, 0) is 31.8 Å². The minimum Gasteiger partial charge on any atom is -0.462 e. The quantitative estimate of drug-likeness (QED) is 0.514. The maximum absolute atomic E-state index is 11.5. The van der Waals surface area contributed by atoms with Gasteiger partial charge in [0.2, 0.25) is 0 Å². The predicted octanol–water partition coefficient (Wildman–Crippen LogP) is 2.02. The Kier molecular flexibility index (Phi) is 9.10. The van der Waals surface area contributed by atoms with Crippen molar-refractivity contribution in [2.45, 2.75) is 52.4 Å². The predicted molar refractivity (Wildman–Crippen MR) is 68.5 cm³/mol. The van der Waals surface area contributed by atoms with Gasteiger partial charge in [-0.25, -0.2) is 0 Å². The third-order valence-electron chi connectivity index (χ3n) is 2.17. The van der Waals surface area contributed by atoms with Gasteiger partial charge >= 0.3 is 14.1 Å². The highest BCUT2D eigenvalue weighted by molar-refractivity contribution is 7.36. The molecule has 0 bridgehead atoms. The van der Waals surface area contributed by atoms with Crippen LogP contribution in [0.1, 0.15) is 34.1 Å². The Morgan fingerprint density at radius 2 is 1.94 bits per heavy atom. The van der Waals surface area contributed by atoms with Crippen molar-refractivity contribution in [3.05, 3.63) is 0 Å². The van der Waals surface area contributed by atoms with Crippen molar-refractivity contribution in [3.8, 4) is 0 Å². The molecule has 0 aromatic heterocycles. The van der Waals surface area contributed by atoms with Crippen LogP contribution in [0.4, 0.5) is 0 Å². The number of carbonyl (C=O) groups excluding carboxylic acids is 1. The van der Waals surface area contributed by atoms with Gasteiger partial charge in [0.05, 0.1) is 12.2 Å². The minimum absolute atomic E-state index is 0.0938. The molecule has 0 spiro atoms. The molecule has 7 heteroatoms. The van der Waals surface area contributed by atoms with E-state index < -0.39 is 20.2 Å². The lowest BCUT2D eigenvalue weighted by Crippen LogP contribution is -2.33. The molecule has 106 valence electrons. The molecule has 0 aromatic carbocycles. The second-order valence-corrected chi connectivity index (χ2v) is 5.19. The molecule has 0 aliphatic rings. The van der Waals surface area contributed by atoms with Crippen LogP contribution in [-0.4, -0.2) is 37.9 Å². The summed E-state index contributed by atoms with van der Waals surface area (Å²) >= 11 is 0. The van der Waals surface area contributed by atoms with E-state index in [-0.39, 0.29) is 18.8 Å². The number of carbonyl (C=O) groups is 1. The first kappa shape index (κ1) is 17.4. The highest BCUT2D eigenvalue weighted by Gasteiger charge is 2.28. The molecule has 18 heavy (non-hydrogen) atoms. The maximum atomic E-state index is 11.5. The fraction of sp³-hybridized carbons (Fsp3) is 0.909. The zero-order chi connectivity index (χ0) is 14.1. The number of nitrogens with one attached hydrogen (secondary N) is 1. The van der Waals surface area contributed by atoms with Crippen LogP contribution in [-0.2, 0) is 23.4 Å². The van der Waals surface area contributed by atoms with Gasteiger partial charge in [-0.3, -0.25) is 4.79 Å². The zero-order valence-corrected chi connectivity index (χ0v) is 12.5. The van der Waals surface area contributed by atoms with Crippen LogP contribution in [0.3, 0.4) is 0 Å². The van der Waals surface area contributed by atoms with Gasteiger partial charge < -0.3 is 9.47 Å². The summed E-state index contributed by atoms with van der Waals surface area (Å²) in [5.41, 5.74) is 0. The first-order chi connectivity index (χ1) is 8.40. The van der Waals surface area contributed by atoms with Crippen molar-refractivity contribution in [3.63, 3.8) is 0 Å². The van der Waals surface area contributed by atoms with Crippen molar-refractivity contribution in [1.82, 2.24) is 5.09 Å². The number of methoxy groups -OCH3 is 1. The summed E-state index contributed by atoms with van der Waals surface area (Å²) in [5, 5.41) is 2.55. The topological polar surface area (TPSA) is 73.9 Å². The summed E-state index contributed by atoms with van der Waals surface area (Å²) in [6, 6.07) is -0.668. The van der Waals surface area contributed by atoms with Gasteiger partial charge in [-0.15, -0.1) is 4.52 Å². The molecule has 0 saturated carbocycles. The molecule has 0 fully saturated rings. The highest BCUT2D eigenvalue weighted by atomic mass is 31.1. The molecular formula is C11H23NO5P+. The summed E-state index contributed by atoms with van der Waals surface area (Å²) in [6.45, 7) is 7.26. The third-order valence-corrected chi connectivity index (χ3v) is 3.15. The Hall–Kier alpha value is -0.550. The Morgan fingerprint density at radius 3 is 2.39 bits per heavy atom. The van der Waals surface area contributed by atoms with Crippen LogP contribution in [0.2, 0.25) is 0 Å². The van der Waals surface area contributed by atoms with Crippen LogP contribution in [0.15, 0.2) is 0 Å². The first-order valence-electron chi connectivity index (χ1n) is 6.00. The molecule has 0 heterocycles. The van der Waals surface area contributed by atoms with Crippen molar-refractivity contribution >= 4 is 14.1 Å². The lowest BCUT2D eigenvalue weighted by Gasteiger charge is -2.11. The van der Waals surface area contributed by atoms with Crippen molar-refractivity contribution < 1.29 is 23.4 Å². The van der Waals surface area contributed by atoms with Crippen molar-refractivity contribution in [1.29, 1.82) is 0 Å². The molecule has 6 nitrogen and oxygen atoms in total. The number of esters is 1. The second-order valence-electron chi connectivity index (χ2n) is 4.16. The van der Waals surface area contributed by atoms with E-state index in [1.807, 2.05) is 6.92 Å². The summed E-state index contributed by atoms with van der Waals surface area (Å²) in [5.74, 6) is -0.448. The van der Waals surface area contributed by atoms with E-state index in [4.69, 9.17) is 14.0 Å². The summed E-state index contributed by atoms with van der Waals surface area (Å²) < 4.78 is 26.7. The lowest BCUT2D eigenvalue weighted by molar-refractivity contribution is -0.149. The summed E-state index contributed by atoms with van der Waals surface area (Å²) in [7, 11) is -0.532. The van der Waals surface area contributed by atoms with Gasteiger partial charge in [0.1, 0.15) is 12.6 Å². The molecule has 3 unspecified atom stereocenters. The van der Waals surface area contributed by atoms with E-state index in [2.05, 4.69) is 5.09 Å². The van der Waals surface area contributed by atoms with Crippen molar-refractivity contribution in [2.24, 2.45) is 0 Å². The zero-order valence-electron chi connectivity index (χ0n) is 11.6. The standard InChI is InChI=1S/C11H23NO5P/c1-6-10(15-5)7-16-18(14)12-9(4)11(13)17-8(2)3/h8-10H,6-7H2,1-5H3,(H,12,14)/q+1. The maximum Gasteiger partial charge on any atom is 0.613 e. The lowest BCUT2D eigenvalue weighted by atomic mass is 10.3. The first-order valence-corrected chi connectivity index (χ1v) is 7.18. The van der Waals surface area contributed by atoms with Crippen LogP contribution >= 0.6 is 8.18 Å². The monoisotopic (exact) mass is 280 g/mol. The largest absolute Gasteiger partial charge is 0.613 e. The van der Waals surface area contributed by atoms with Gasteiger partial charge in [-0.1, -0.05) is 12.0 Å². The van der Waals surface area contributed by atoms with E-state index >= 15 is 0 Å². The average molecular weight is 280 g/mol. The van der Waals surface area contributed by atoms with E-state index in [1.54, 1.807) is 27.9 Å². The van der Waals surface area contributed by atoms with Crippen LogP contribution in [0.5, 0.6) is 0 Å². The molecule has 1 N–H and O–H groups in total. The molecule has 0 aliphatic carbocycles.